The number of hydrogen-bond donors (Lipinski definition) is 4. The van der Waals surface area contributed by atoms with Gasteiger partial charge in [-0.1, -0.05) is 48.5 Å². The van der Waals surface area contributed by atoms with Crippen molar-refractivity contribution in [2.24, 2.45) is 0 Å². The molecule has 0 saturated heterocycles. The maximum atomic E-state index is 9.57. The van der Waals surface area contributed by atoms with Gasteiger partial charge in [-0.3, -0.25) is 4.55 Å². The average Bonchev–Trinajstić information content (AvgIpc) is 2.75. The van der Waals surface area contributed by atoms with E-state index in [4.69, 9.17) is 4.55 Å². The van der Waals surface area contributed by atoms with E-state index >= 15 is 0 Å². The van der Waals surface area contributed by atoms with Gasteiger partial charge in [0.1, 0.15) is 0 Å². The molecule has 0 atom stereocenters. The Morgan fingerprint density at radius 3 is 1.84 bits per heavy atom. The Balaban J connectivity index is 0.000000491. The molecule has 0 unspecified atom stereocenters. The Kier molecular flexibility index (Phi) is 6.93. The van der Waals surface area contributed by atoms with Crippen molar-refractivity contribution < 1.29 is 23.2 Å². The fraction of sp³-hybridized carbons (Fsp3) is 0.250. The van der Waals surface area contributed by atoms with Crippen molar-refractivity contribution in [3.63, 3.8) is 0 Å². The van der Waals surface area contributed by atoms with Gasteiger partial charge in [-0.2, -0.15) is 8.42 Å². The highest BCUT2D eigenvalue weighted by Gasteiger charge is 2.21. The van der Waals surface area contributed by atoms with Gasteiger partial charge in [0, 0.05) is 6.54 Å². The van der Waals surface area contributed by atoms with Crippen molar-refractivity contribution in [2.75, 3.05) is 19.5 Å². The monoisotopic (exact) mass is 441 g/mol. The maximum absolute atomic E-state index is 9.57. The second-order valence-corrected chi connectivity index (χ2v) is 9.43. The molecule has 0 spiro atoms. The quantitative estimate of drug-likeness (QED) is 0.215. The minimum atomic E-state index is -3.67. The first-order valence-corrected chi connectivity index (χ1v) is 11.7. The summed E-state index contributed by atoms with van der Waals surface area (Å²) in [6, 6.07) is 23.5. The first kappa shape index (κ1) is 23.1. The number of fused-ring (bicyclic) bond motifs is 4. The highest BCUT2D eigenvalue weighted by Crippen LogP contribution is 2.32. The van der Waals surface area contributed by atoms with Crippen molar-refractivity contribution in [3.8, 4) is 0 Å². The molecule has 0 fully saturated rings. The van der Waals surface area contributed by atoms with Crippen molar-refractivity contribution in [2.45, 2.75) is 19.0 Å². The van der Waals surface area contributed by atoms with Crippen LogP contribution in [0.1, 0.15) is 12.5 Å². The molecule has 0 amide bonds. The Labute approximate surface area is 181 Å². The van der Waals surface area contributed by atoms with Crippen LogP contribution in [0.25, 0.3) is 32.3 Å². The first-order chi connectivity index (χ1) is 14.6. The summed E-state index contributed by atoms with van der Waals surface area (Å²) in [6.45, 7) is 2.18. The molecular weight excluding hydrogens is 414 g/mol. The van der Waals surface area contributed by atoms with E-state index in [2.05, 4.69) is 72.0 Å². The summed E-state index contributed by atoms with van der Waals surface area (Å²) in [4.78, 5) is 0. The lowest BCUT2D eigenvalue weighted by molar-refractivity contribution is 0.103. The number of aliphatic hydroxyl groups is 2. The molecule has 0 bridgehead atoms. The van der Waals surface area contributed by atoms with Gasteiger partial charge in [-0.15, -0.1) is 0 Å². The van der Waals surface area contributed by atoms with Crippen LogP contribution in [-0.4, -0.2) is 48.2 Å². The molecule has 4 N–H and O–H groups in total. The zero-order chi connectivity index (χ0) is 22.6. The Bertz CT molecular complexity index is 1310. The van der Waals surface area contributed by atoms with Crippen molar-refractivity contribution in [1.29, 1.82) is 0 Å². The Hall–Kier alpha value is -2.55. The zero-order valence-corrected chi connectivity index (χ0v) is 18.4. The van der Waals surface area contributed by atoms with Crippen LogP contribution in [0.2, 0.25) is 0 Å². The molecule has 0 aromatic heterocycles. The van der Waals surface area contributed by atoms with Crippen LogP contribution < -0.4 is 5.32 Å². The van der Waals surface area contributed by atoms with Crippen LogP contribution in [0.4, 0.5) is 0 Å². The lowest BCUT2D eigenvalue weighted by Gasteiger charge is -2.27. The molecule has 7 heteroatoms. The van der Waals surface area contributed by atoms with Crippen LogP contribution in [0.5, 0.6) is 0 Å². The molecule has 164 valence electrons. The molecule has 6 nitrogen and oxygen atoms in total. The Morgan fingerprint density at radius 1 is 0.806 bits per heavy atom. The van der Waals surface area contributed by atoms with Gasteiger partial charge >= 0.3 is 0 Å². The van der Waals surface area contributed by atoms with E-state index in [1.807, 2.05) is 6.92 Å². The molecule has 0 radical (unpaired) electrons. The fourth-order valence-electron chi connectivity index (χ4n) is 3.48. The van der Waals surface area contributed by atoms with Crippen LogP contribution in [0.15, 0.2) is 66.7 Å². The second kappa shape index (κ2) is 9.30. The number of nitrogens with one attached hydrogen (secondary N) is 1. The van der Waals surface area contributed by atoms with Gasteiger partial charge in [0.25, 0.3) is 10.1 Å². The smallest absolute Gasteiger partial charge is 0.261 e. The van der Waals surface area contributed by atoms with Crippen LogP contribution >= 0.6 is 0 Å². The third-order valence-electron chi connectivity index (χ3n) is 5.22. The molecule has 4 aromatic rings. The predicted octanol–water partition coefficient (Wildman–Crippen LogP) is 3.48. The third-order valence-corrected chi connectivity index (χ3v) is 5.22. The van der Waals surface area contributed by atoms with Crippen molar-refractivity contribution in [1.82, 2.24) is 5.32 Å². The van der Waals surface area contributed by atoms with Crippen molar-refractivity contribution in [3.05, 3.63) is 72.3 Å². The first-order valence-electron chi connectivity index (χ1n) is 9.86. The largest absolute Gasteiger partial charge is 0.394 e. The third kappa shape index (κ3) is 5.78. The molecule has 4 aromatic carbocycles. The van der Waals surface area contributed by atoms with E-state index in [9.17, 15) is 18.6 Å². The van der Waals surface area contributed by atoms with Gasteiger partial charge in [0.15, 0.2) is 0 Å². The van der Waals surface area contributed by atoms with E-state index in [1.54, 1.807) is 0 Å². The predicted molar refractivity (Wildman–Crippen MR) is 126 cm³/mol. The normalized spacial score (nSPS) is 12.2. The average molecular weight is 442 g/mol. The molecule has 0 heterocycles. The molecule has 31 heavy (non-hydrogen) atoms. The fourth-order valence-corrected chi connectivity index (χ4v) is 3.48. The summed E-state index contributed by atoms with van der Waals surface area (Å²) in [5.74, 6) is 0. The minimum absolute atomic E-state index is 0.113. The van der Waals surface area contributed by atoms with Crippen molar-refractivity contribution >= 4 is 42.4 Å². The summed E-state index contributed by atoms with van der Waals surface area (Å²) < 4.78 is 25.9. The molecule has 0 aliphatic carbocycles. The summed E-state index contributed by atoms with van der Waals surface area (Å²) >= 11 is 0. The van der Waals surface area contributed by atoms with Gasteiger partial charge in [0.2, 0.25) is 0 Å². The minimum Gasteiger partial charge on any atom is -0.394 e. The highest BCUT2D eigenvalue weighted by atomic mass is 32.2. The van der Waals surface area contributed by atoms with Crippen LogP contribution in [0.3, 0.4) is 0 Å². The molecule has 4 rings (SSSR count). The van der Waals surface area contributed by atoms with E-state index in [1.165, 1.54) is 32.3 Å². The van der Waals surface area contributed by atoms with E-state index in [0.29, 0.717) is 12.8 Å². The van der Waals surface area contributed by atoms with Crippen LogP contribution in [-0.2, 0) is 16.7 Å². The molecule has 0 aliphatic rings. The zero-order valence-electron chi connectivity index (χ0n) is 17.5. The molecule has 0 aliphatic heterocycles. The SMILES string of the molecule is CC(CO)(CO)NCc1cc2ccccc2c2cc3ccccc3cc12.CS(=O)(=O)O. The summed E-state index contributed by atoms with van der Waals surface area (Å²) in [7, 11) is -3.67. The number of benzene rings is 4. The molecule has 0 saturated carbocycles. The van der Waals surface area contributed by atoms with E-state index in [0.717, 1.165) is 5.56 Å². The number of hydrogen-bond acceptors (Lipinski definition) is 5. The highest BCUT2D eigenvalue weighted by molar-refractivity contribution is 7.85. The summed E-state index contributed by atoms with van der Waals surface area (Å²) in [5.41, 5.74) is 0.465. The van der Waals surface area contributed by atoms with Gasteiger partial charge in [0.05, 0.1) is 25.0 Å². The summed E-state index contributed by atoms with van der Waals surface area (Å²) in [6.07, 6.45) is 0.715. The molecular formula is C24H27NO5S. The van der Waals surface area contributed by atoms with E-state index < -0.39 is 15.7 Å². The van der Waals surface area contributed by atoms with Gasteiger partial charge in [-0.05, 0) is 63.0 Å². The summed E-state index contributed by atoms with van der Waals surface area (Å²) in [5, 5.41) is 29.8. The van der Waals surface area contributed by atoms with Crippen LogP contribution in [0, 0.1) is 0 Å². The van der Waals surface area contributed by atoms with E-state index in [-0.39, 0.29) is 13.2 Å². The lowest BCUT2D eigenvalue weighted by atomic mass is 9.94. The topological polar surface area (TPSA) is 107 Å². The number of aliphatic hydroxyl groups excluding tert-OH is 2. The Morgan fingerprint density at radius 2 is 1.29 bits per heavy atom. The van der Waals surface area contributed by atoms with Gasteiger partial charge in [-0.25, -0.2) is 0 Å². The lowest BCUT2D eigenvalue weighted by Crippen LogP contribution is -2.48. The van der Waals surface area contributed by atoms with Gasteiger partial charge < -0.3 is 15.5 Å². The number of rotatable bonds is 5. The standard InChI is InChI=1S/C23H23NO2.CH4O3S/c1-23(14-25,15-26)24-13-19-10-18-8-4-5-9-20(18)22-12-17-7-3-2-6-16(17)11-21(19)22;1-5(2,3)4/h2-12,24-26H,13-15H2,1H3;1H3,(H,2,3,4). The maximum Gasteiger partial charge on any atom is 0.261 e. The second-order valence-electron chi connectivity index (χ2n) is 7.97.